The number of hydrogen-bond acceptors (Lipinski definition) is 7. The van der Waals surface area contributed by atoms with Crippen molar-refractivity contribution < 1.29 is 33.4 Å². The second kappa shape index (κ2) is 11.7. The third-order valence-corrected chi connectivity index (χ3v) is 10.8. The number of likely N-dealkylation sites (tertiary alicyclic amines) is 1. The molecule has 49 heavy (non-hydrogen) atoms. The number of benzene rings is 3. The smallest absolute Gasteiger partial charge is 0.260 e. The number of allylic oxidation sites excluding steroid dienone is 2. The molecule has 4 amide bonds. The first-order chi connectivity index (χ1) is 23.3. The molecule has 6 atom stereocenters. The first-order valence-electron chi connectivity index (χ1n) is 16.5. The predicted molar refractivity (Wildman–Crippen MR) is 180 cm³/mol. The number of nitrogens with zero attached hydrogens (tertiary/aromatic N) is 2. The molecule has 2 aliphatic heterocycles. The van der Waals surface area contributed by atoms with Gasteiger partial charge in [-0.3, -0.25) is 29.5 Å². The highest BCUT2D eigenvalue weighted by molar-refractivity contribution is 6.30. The molecule has 3 aromatic rings. The van der Waals surface area contributed by atoms with Crippen molar-refractivity contribution in [2.75, 3.05) is 12.0 Å². The number of carbonyl (C=O) groups excluding carboxylic acids is 4. The average molecular weight is 686 g/mol. The Kier molecular flexibility index (Phi) is 7.85. The summed E-state index contributed by atoms with van der Waals surface area (Å²) in [7, 11) is 0. The Morgan fingerprint density at radius 2 is 1.65 bits per heavy atom. The predicted octanol–water partition coefficient (Wildman–Crippen LogP) is 6.37. The van der Waals surface area contributed by atoms with E-state index >= 15 is 4.79 Å². The van der Waals surface area contributed by atoms with Gasteiger partial charge in [0.1, 0.15) is 5.82 Å². The van der Waals surface area contributed by atoms with Crippen LogP contribution in [0.1, 0.15) is 57.6 Å². The number of imide groups is 2. The molecular weight excluding hydrogens is 649 g/mol. The molecule has 1 saturated carbocycles. The second-order valence-corrected chi connectivity index (χ2v) is 14.7. The maximum atomic E-state index is 15.2. The molecule has 0 spiro atoms. The van der Waals surface area contributed by atoms with Crippen molar-refractivity contribution in [3.05, 3.63) is 100 Å². The van der Waals surface area contributed by atoms with Crippen LogP contribution < -0.4 is 10.2 Å². The molecule has 2 N–H and O–H groups in total. The molecule has 2 heterocycles. The van der Waals surface area contributed by atoms with E-state index in [1.807, 2.05) is 26.8 Å². The van der Waals surface area contributed by atoms with E-state index in [0.29, 0.717) is 28.3 Å². The van der Waals surface area contributed by atoms with Crippen molar-refractivity contribution in [1.29, 1.82) is 0 Å². The molecule has 2 aliphatic carbocycles. The van der Waals surface area contributed by atoms with Gasteiger partial charge < -0.3 is 9.84 Å². The first kappa shape index (κ1) is 32.8. The summed E-state index contributed by atoms with van der Waals surface area (Å²) in [5.41, 5.74) is 2.93. The molecule has 3 aromatic carbocycles. The number of ether oxygens (including phenoxy) is 1. The molecule has 9 nitrogen and oxygen atoms in total. The van der Waals surface area contributed by atoms with E-state index in [9.17, 15) is 23.9 Å². The fourth-order valence-electron chi connectivity index (χ4n) is 8.67. The van der Waals surface area contributed by atoms with Gasteiger partial charge in [0.05, 0.1) is 35.5 Å². The van der Waals surface area contributed by atoms with E-state index < -0.39 is 58.2 Å². The number of hydrogen-bond donors (Lipinski definition) is 2. The number of phenolic OH excluding ortho intramolecular Hbond substituents is 1. The largest absolute Gasteiger partial charge is 0.504 e. The van der Waals surface area contributed by atoms with Crippen LogP contribution in [0.25, 0.3) is 0 Å². The minimum atomic E-state index is -1.53. The van der Waals surface area contributed by atoms with Gasteiger partial charge in [0.15, 0.2) is 11.5 Å². The number of hydrazine groups is 1. The van der Waals surface area contributed by atoms with Crippen molar-refractivity contribution in [1.82, 2.24) is 9.91 Å². The number of carbonyl (C=O) groups is 4. The Balaban J connectivity index is 1.47. The van der Waals surface area contributed by atoms with Crippen LogP contribution in [-0.2, 0) is 24.6 Å². The SMILES string of the molecule is CCOc1cc(C2C3=CCC4C(=O)N(C(C)(C)C)C(=O)C4C3CC3C(=O)N(Nc4ccc(F)cc4)C(=O)C32c2ccc(Cl)cc2)ccc1O. The van der Waals surface area contributed by atoms with Gasteiger partial charge >= 0.3 is 0 Å². The van der Waals surface area contributed by atoms with Crippen molar-refractivity contribution in [2.24, 2.45) is 23.7 Å². The zero-order valence-corrected chi connectivity index (χ0v) is 28.3. The average Bonchev–Trinajstić information content (AvgIpc) is 3.45. The van der Waals surface area contributed by atoms with E-state index in [4.69, 9.17) is 16.3 Å². The summed E-state index contributed by atoms with van der Waals surface area (Å²) < 4.78 is 19.6. The molecule has 3 fully saturated rings. The highest BCUT2D eigenvalue weighted by atomic mass is 35.5. The summed E-state index contributed by atoms with van der Waals surface area (Å²) in [4.78, 5) is 59.3. The fraction of sp³-hybridized carbons (Fsp3) is 0.368. The molecular formula is C38H37ClFN3O6. The van der Waals surface area contributed by atoms with Gasteiger partial charge in [-0.1, -0.05) is 41.4 Å². The highest BCUT2D eigenvalue weighted by Gasteiger charge is 2.70. The molecule has 254 valence electrons. The van der Waals surface area contributed by atoms with Crippen molar-refractivity contribution >= 4 is 40.9 Å². The number of phenols is 1. The topological polar surface area (TPSA) is 116 Å². The number of amides is 4. The van der Waals surface area contributed by atoms with Crippen LogP contribution in [0.3, 0.4) is 0 Å². The second-order valence-electron chi connectivity index (χ2n) is 14.2. The van der Waals surface area contributed by atoms with Crippen LogP contribution in [0.15, 0.2) is 78.4 Å². The zero-order valence-electron chi connectivity index (χ0n) is 27.6. The van der Waals surface area contributed by atoms with Crippen LogP contribution in [0, 0.1) is 29.5 Å². The standard InChI is InChI=1S/C38H37ClFN3O6/c1-5-49-30-18-20(6-17-29(30)44)32-25-15-16-26-31(35(47)42(33(26)45)37(2,3)4)27(25)19-28-34(46)43(41-24-13-11-23(40)12-14-24)36(48)38(28,32)21-7-9-22(39)10-8-21/h6-15,17-18,26-28,31-32,41,44H,5,16,19H2,1-4H3. The number of nitrogens with one attached hydrogen (secondary N) is 1. The molecule has 11 heteroatoms. The lowest BCUT2D eigenvalue weighted by molar-refractivity contribution is -0.146. The highest BCUT2D eigenvalue weighted by Crippen LogP contribution is 2.64. The van der Waals surface area contributed by atoms with Crippen LogP contribution in [0.5, 0.6) is 11.5 Å². The van der Waals surface area contributed by atoms with Crippen LogP contribution in [0.2, 0.25) is 5.02 Å². The summed E-state index contributed by atoms with van der Waals surface area (Å²) in [6, 6.07) is 17.1. The lowest BCUT2D eigenvalue weighted by atomic mass is 9.49. The van der Waals surface area contributed by atoms with E-state index in [1.54, 1.807) is 43.3 Å². The zero-order chi connectivity index (χ0) is 35.0. The maximum Gasteiger partial charge on any atom is 0.260 e. The van der Waals surface area contributed by atoms with Gasteiger partial charge in [0, 0.05) is 16.5 Å². The van der Waals surface area contributed by atoms with Crippen LogP contribution in [-0.4, -0.2) is 50.8 Å². The summed E-state index contributed by atoms with van der Waals surface area (Å²) in [5, 5.41) is 12.1. The summed E-state index contributed by atoms with van der Waals surface area (Å²) in [5.74, 6) is -5.54. The normalized spacial score (nSPS) is 27.9. The van der Waals surface area contributed by atoms with Crippen molar-refractivity contribution in [3.63, 3.8) is 0 Å². The van der Waals surface area contributed by atoms with Gasteiger partial charge in [-0.2, -0.15) is 5.01 Å². The Hall–Kier alpha value is -4.70. The number of fused-ring (bicyclic) bond motifs is 4. The van der Waals surface area contributed by atoms with E-state index in [0.717, 1.165) is 10.6 Å². The van der Waals surface area contributed by atoms with Gasteiger partial charge in [-0.15, -0.1) is 0 Å². The van der Waals surface area contributed by atoms with E-state index in [2.05, 4.69) is 5.43 Å². The van der Waals surface area contributed by atoms with Crippen LogP contribution in [0.4, 0.5) is 10.1 Å². The summed E-state index contributed by atoms with van der Waals surface area (Å²) >= 11 is 6.35. The first-order valence-corrected chi connectivity index (χ1v) is 16.9. The summed E-state index contributed by atoms with van der Waals surface area (Å²) in [6.45, 7) is 7.54. The molecule has 7 rings (SSSR count). The molecule has 6 unspecified atom stereocenters. The lowest BCUT2D eigenvalue weighted by Crippen LogP contribution is -2.53. The molecule has 4 aliphatic rings. The third kappa shape index (κ3) is 4.94. The number of halogens is 2. The Morgan fingerprint density at radius 1 is 0.959 bits per heavy atom. The van der Waals surface area contributed by atoms with Gasteiger partial charge in [0.2, 0.25) is 11.8 Å². The minimum absolute atomic E-state index is 0.0847. The molecule has 2 saturated heterocycles. The van der Waals surface area contributed by atoms with E-state index in [-0.39, 0.29) is 36.3 Å². The van der Waals surface area contributed by atoms with Gasteiger partial charge in [-0.05, 0) is 106 Å². The Labute approximate surface area is 288 Å². The lowest BCUT2D eigenvalue weighted by Gasteiger charge is -2.50. The summed E-state index contributed by atoms with van der Waals surface area (Å²) in [6.07, 6.45) is 2.40. The molecule has 0 aromatic heterocycles. The monoisotopic (exact) mass is 685 g/mol. The number of aromatic hydroxyl groups is 1. The minimum Gasteiger partial charge on any atom is -0.504 e. The maximum absolute atomic E-state index is 15.2. The molecule has 0 radical (unpaired) electrons. The van der Waals surface area contributed by atoms with Crippen molar-refractivity contribution in [3.8, 4) is 11.5 Å². The Bertz CT molecular complexity index is 1910. The quantitative estimate of drug-likeness (QED) is 0.229. The molecule has 0 bridgehead atoms. The van der Waals surface area contributed by atoms with Crippen LogP contribution >= 0.6 is 11.6 Å². The van der Waals surface area contributed by atoms with Gasteiger partial charge in [-0.25, -0.2) is 4.39 Å². The van der Waals surface area contributed by atoms with E-state index in [1.165, 1.54) is 35.2 Å². The number of rotatable bonds is 6. The fourth-order valence-corrected chi connectivity index (χ4v) is 8.80. The Morgan fingerprint density at radius 3 is 2.31 bits per heavy atom. The number of anilines is 1. The van der Waals surface area contributed by atoms with Crippen molar-refractivity contribution in [2.45, 2.75) is 57.4 Å². The third-order valence-electron chi connectivity index (χ3n) is 10.5. The van der Waals surface area contributed by atoms with Gasteiger partial charge in [0.25, 0.3) is 11.8 Å².